The molecule has 0 radical (unpaired) electrons. The molecule has 1 rings (SSSR count). The first kappa shape index (κ1) is 12.0. The van der Waals surface area contributed by atoms with Gasteiger partial charge in [-0.3, -0.25) is 0 Å². The molecular formula is C12H25NO. The van der Waals surface area contributed by atoms with Gasteiger partial charge in [0.1, 0.15) is 0 Å². The van der Waals surface area contributed by atoms with Crippen LogP contribution >= 0.6 is 0 Å². The molecule has 0 bridgehead atoms. The maximum Gasteiger partial charge on any atom is 0.0445 e. The number of hydrogen-bond acceptors (Lipinski definition) is 2. The molecule has 2 heteroatoms. The summed E-state index contributed by atoms with van der Waals surface area (Å²) in [6.45, 7) is 7.18. The van der Waals surface area contributed by atoms with Crippen molar-refractivity contribution in [3.05, 3.63) is 0 Å². The molecule has 0 aromatic heterocycles. The molecule has 4 atom stereocenters. The predicted molar refractivity (Wildman–Crippen MR) is 60.3 cm³/mol. The largest absolute Gasteiger partial charge is 0.396 e. The van der Waals surface area contributed by atoms with Crippen molar-refractivity contribution < 1.29 is 5.11 Å². The first-order chi connectivity index (χ1) is 6.63. The van der Waals surface area contributed by atoms with Crippen molar-refractivity contribution >= 4 is 0 Å². The van der Waals surface area contributed by atoms with E-state index in [4.69, 9.17) is 5.11 Å². The fraction of sp³-hybridized carbons (Fsp3) is 1.00. The molecule has 0 heterocycles. The lowest BCUT2D eigenvalue weighted by atomic mass is 9.79. The summed E-state index contributed by atoms with van der Waals surface area (Å²) < 4.78 is 0. The maximum absolute atomic E-state index is 8.82. The van der Waals surface area contributed by atoms with Gasteiger partial charge in [0, 0.05) is 18.7 Å². The summed E-state index contributed by atoms with van der Waals surface area (Å²) in [4.78, 5) is 0. The quantitative estimate of drug-likeness (QED) is 0.727. The van der Waals surface area contributed by atoms with E-state index in [1.54, 1.807) is 0 Å². The van der Waals surface area contributed by atoms with Crippen molar-refractivity contribution in [2.24, 2.45) is 11.8 Å². The Morgan fingerprint density at radius 3 is 2.57 bits per heavy atom. The van der Waals surface area contributed by atoms with Crippen molar-refractivity contribution in [1.29, 1.82) is 0 Å². The van der Waals surface area contributed by atoms with E-state index < -0.39 is 0 Å². The van der Waals surface area contributed by atoms with Crippen LogP contribution in [0.1, 0.15) is 46.5 Å². The Bertz CT molecular complexity index is 160. The second-order valence-electron chi connectivity index (χ2n) is 5.04. The number of rotatable bonds is 4. The van der Waals surface area contributed by atoms with E-state index in [-0.39, 0.29) is 0 Å². The normalized spacial score (nSPS) is 35.6. The lowest BCUT2D eigenvalue weighted by Crippen LogP contribution is -2.41. The van der Waals surface area contributed by atoms with Gasteiger partial charge < -0.3 is 10.4 Å². The minimum atomic E-state index is 0.298. The zero-order valence-corrected chi connectivity index (χ0v) is 9.79. The SMILES string of the molecule is CC(CCO)NC1CCC(C)C(C)C1. The highest BCUT2D eigenvalue weighted by molar-refractivity contribution is 4.81. The van der Waals surface area contributed by atoms with Crippen molar-refractivity contribution in [3.8, 4) is 0 Å². The maximum atomic E-state index is 8.82. The molecule has 84 valence electrons. The van der Waals surface area contributed by atoms with Crippen LogP contribution in [0.3, 0.4) is 0 Å². The molecule has 1 saturated carbocycles. The van der Waals surface area contributed by atoms with Gasteiger partial charge in [0.05, 0.1) is 0 Å². The molecule has 0 amide bonds. The molecule has 0 saturated heterocycles. The second kappa shape index (κ2) is 5.72. The van der Waals surface area contributed by atoms with Crippen LogP contribution in [0.2, 0.25) is 0 Å². The fourth-order valence-electron chi connectivity index (χ4n) is 2.38. The van der Waals surface area contributed by atoms with Gasteiger partial charge in [0.25, 0.3) is 0 Å². The minimum Gasteiger partial charge on any atom is -0.396 e. The van der Waals surface area contributed by atoms with Crippen molar-refractivity contribution in [1.82, 2.24) is 5.32 Å². The summed E-state index contributed by atoms with van der Waals surface area (Å²) in [5.41, 5.74) is 0. The van der Waals surface area contributed by atoms with E-state index in [0.717, 1.165) is 18.3 Å². The number of hydrogen-bond donors (Lipinski definition) is 2. The van der Waals surface area contributed by atoms with Gasteiger partial charge in [-0.1, -0.05) is 13.8 Å². The Labute approximate surface area is 88.1 Å². The van der Waals surface area contributed by atoms with Crippen LogP contribution in [0.25, 0.3) is 0 Å². The molecule has 14 heavy (non-hydrogen) atoms. The topological polar surface area (TPSA) is 32.3 Å². The summed E-state index contributed by atoms with van der Waals surface area (Å²) in [5.74, 6) is 1.74. The summed E-state index contributed by atoms with van der Waals surface area (Å²) in [6.07, 6.45) is 4.84. The molecule has 2 N–H and O–H groups in total. The molecular weight excluding hydrogens is 174 g/mol. The van der Waals surface area contributed by atoms with Crippen LogP contribution in [-0.2, 0) is 0 Å². The standard InChI is InChI=1S/C12H25NO/c1-9-4-5-12(8-10(9)2)13-11(3)6-7-14/h9-14H,4-8H2,1-3H3. The van der Waals surface area contributed by atoms with Crippen LogP contribution in [0, 0.1) is 11.8 Å². The van der Waals surface area contributed by atoms with Crippen LogP contribution in [0.15, 0.2) is 0 Å². The average Bonchev–Trinajstić information content (AvgIpc) is 2.12. The Hall–Kier alpha value is -0.0800. The van der Waals surface area contributed by atoms with Crippen molar-refractivity contribution in [2.45, 2.75) is 58.5 Å². The smallest absolute Gasteiger partial charge is 0.0445 e. The Morgan fingerprint density at radius 2 is 2.00 bits per heavy atom. The van der Waals surface area contributed by atoms with E-state index >= 15 is 0 Å². The first-order valence-electron chi connectivity index (χ1n) is 6.00. The zero-order valence-electron chi connectivity index (χ0n) is 9.79. The van der Waals surface area contributed by atoms with Gasteiger partial charge in [0.15, 0.2) is 0 Å². The van der Waals surface area contributed by atoms with Crippen molar-refractivity contribution in [2.75, 3.05) is 6.61 Å². The molecule has 1 aliphatic rings. The molecule has 0 aliphatic heterocycles. The molecule has 0 aromatic carbocycles. The summed E-state index contributed by atoms with van der Waals surface area (Å²) >= 11 is 0. The third-order valence-corrected chi connectivity index (χ3v) is 3.68. The molecule has 0 aromatic rings. The Morgan fingerprint density at radius 1 is 1.29 bits per heavy atom. The highest BCUT2D eigenvalue weighted by Crippen LogP contribution is 2.29. The van der Waals surface area contributed by atoms with Gasteiger partial charge in [-0.25, -0.2) is 0 Å². The van der Waals surface area contributed by atoms with Crippen LogP contribution < -0.4 is 5.32 Å². The predicted octanol–water partition coefficient (Wildman–Crippen LogP) is 2.17. The van der Waals surface area contributed by atoms with E-state index in [1.807, 2.05) is 0 Å². The van der Waals surface area contributed by atoms with Gasteiger partial charge in [-0.2, -0.15) is 0 Å². The second-order valence-corrected chi connectivity index (χ2v) is 5.04. The molecule has 0 spiro atoms. The lowest BCUT2D eigenvalue weighted by Gasteiger charge is -2.34. The van der Waals surface area contributed by atoms with Crippen molar-refractivity contribution in [3.63, 3.8) is 0 Å². The third kappa shape index (κ3) is 3.58. The van der Waals surface area contributed by atoms with Crippen LogP contribution in [0.5, 0.6) is 0 Å². The molecule has 4 unspecified atom stereocenters. The van der Waals surface area contributed by atoms with Gasteiger partial charge in [0.2, 0.25) is 0 Å². The van der Waals surface area contributed by atoms with E-state index in [0.29, 0.717) is 18.7 Å². The highest BCUT2D eigenvalue weighted by atomic mass is 16.3. The average molecular weight is 199 g/mol. The molecule has 2 nitrogen and oxygen atoms in total. The number of nitrogens with one attached hydrogen (secondary N) is 1. The highest BCUT2D eigenvalue weighted by Gasteiger charge is 2.24. The number of aliphatic hydroxyl groups excluding tert-OH is 1. The van der Waals surface area contributed by atoms with E-state index in [2.05, 4.69) is 26.1 Å². The summed E-state index contributed by atoms with van der Waals surface area (Å²) in [7, 11) is 0. The van der Waals surface area contributed by atoms with Crippen LogP contribution in [0.4, 0.5) is 0 Å². The molecule has 1 fully saturated rings. The van der Waals surface area contributed by atoms with Crippen LogP contribution in [-0.4, -0.2) is 23.8 Å². The Balaban J connectivity index is 2.25. The fourth-order valence-corrected chi connectivity index (χ4v) is 2.38. The summed E-state index contributed by atoms with van der Waals surface area (Å²) in [5, 5.41) is 12.4. The van der Waals surface area contributed by atoms with E-state index in [1.165, 1.54) is 19.3 Å². The Kier molecular flexibility index (Phi) is 4.90. The van der Waals surface area contributed by atoms with Gasteiger partial charge in [-0.05, 0) is 44.4 Å². The van der Waals surface area contributed by atoms with E-state index in [9.17, 15) is 0 Å². The number of aliphatic hydroxyl groups is 1. The third-order valence-electron chi connectivity index (χ3n) is 3.68. The summed E-state index contributed by atoms with van der Waals surface area (Å²) in [6, 6.07) is 1.15. The van der Waals surface area contributed by atoms with Gasteiger partial charge >= 0.3 is 0 Å². The zero-order chi connectivity index (χ0) is 10.6. The first-order valence-corrected chi connectivity index (χ1v) is 6.00. The lowest BCUT2D eigenvalue weighted by molar-refractivity contribution is 0.204. The molecule has 1 aliphatic carbocycles. The van der Waals surface area contributed by atoms with Gasteiger partial charge in [-0.15, -0.1) is 0 Å². The minimum absolute atomic E-state index is 0.298. The monoisotopic (exact) mass is 199 g/mol.